The lowest BCUT2D eigenvalue weighted by Crippen LogP contribution is -2.13. The maximum absolute atomic E-state index is 12.4. The van der Waals surface area contributed by atoms with Gasteiger partial charge in [0.25, 0.3) is 10.0 Å². The number of azo groups is 1. The summed E-state index contributed by atoms with van der Waals surface area (Å²) in [4.78, 5) is 15.8. The number of Topliss-reactive ketones (excluding diaryl/α,β-unsaturated/α-hetero) is 1. The minimum atomic E-state index is -3.77. The molecule has 148 valence electrons. The Morgan fingerprint density at radius 1 is 1.03 bits per heavy atom. The number of pyridine rings is 1. The van der Waals surface area contributed by atoms with Crippen molar-refractivity contribution >= 4 is 33.0 Å². The van der Waals surface area contributed by atoms with Gasteiger partial charge in [-0.15, -0.1) is 0 Å². The fourth-order valence-electron chi connectivity index (χ4n) is 2.43. The lowest BCUT2D eigenvalue weighted by molar-refractivity contribution is 0.0985. The summed E-state index contributed by atoms with van der Waals surface area (Å²) in [7, 11) is -3.77. The van der Waals surface area contributed by atoms with Gasteiger partial charge in [0.1, 0.15) is 11.6 Å². The number of aromatic nitrogens is 1. The zero-order chi connectivity index (χ0) is 20.9. The minimum absolute atomic E-state index is 0.0579. The number of hydrogen-bond donors (Lipinski definition) is 2. The van der Waals surface area contributed by atoms with Crippen molar-refractivity contribution in [2.24, 2.45) is 10.2 Å². The van der Waals surface area contributed by atoms with Crippen LogP contribution in [-0.2, 0) is 10.0 Å². The second-order valence-corrected chi connectivity index (χ2v) is 7.67. The number of rotatable bonds is 7. The van der Waals surface area contributed by atoms with Gasteiger partial charge in [-0.05, 0) is 54.6 Å². The molecule has 1 heterocycles. The van der Waals surface area contributed by atoms with Gasteiger partial charge >= 0.3 is 0 Å². The van der Waals surface area contributed by atoms with E-state index in [1.54, 1.807) is 25.1 Å². The van der Waals surface area contributed by atoms with Crippen LogP contribution in [0.2, 0.25) is 0 Å². The molecular weight excluding hydrogens is 392 g/mol. The van der Waals surface area contributed by atoms with Crippen LogP contribution < -0.4 is 4.72 Å². The van der Waals surface area contributed by atoms with Crippen LogP contribution in [0.15, 0.2) is 82.0 Å². The summed E-state index contributed by atoms with van der Waals surface area (Å²) in [6.45, 7) is 1.70. The first-order valence-corrected chi connectivity index (χ1v) is 10.2. The molecule has 0 aliphatic carbocycles. The molecule has 9 heteroatoms. The number of anilines is 1. The average Bonchev–Trinajstić information content (AvgIpc) is 2.73. The summed E-state index contributed by atoms with van der Waals surface area (Å²) in [5, 5.41) is 17.9. The Morgan fingerprint density at radius 2 is 1.72 bits per heavy atom. The molecule has 8 nitrogen and oxygen atoms in total. The second kappa shape index (κ2) is 8.61. The molecule has 0 aliphatic rings. The zero-order valence-electron chi connectivity index (χ0n) is 15.5. The van der Waals surface area contributed by atoms with Gasteiger partial charge in [-0.3, -0.25) is 9.52 Å². The molecule has 0 fully saturated rings. The Bertz CT molecular complexity index is 1140. The molecule has 2 aromatic carbocycles. The number of sulfonamides is 1. The number of hydrogen-bond acceptors (Lipinski definition) is 7. The SMILES string of the molecule is CCC(=O)c1cc(N=Nc2ccc(S(=O)(=O)Nc3ccccn3)cc2)ccc1O. The normalized spacial score (nSPS) is 11.5. The number of phenolic OH excluding ortho intramolecular Hbond substituents is 1. The van der Waals surface area contributed by atoms with Crippen LogP contribution >= 0.6 is 0 Å². The lowest BCUT2D eigenvalue weighted by atomic mass is 10.1. The molecule has 0 aliphatic heterocycles. The molecule has 0 atom stereocenters. The van der Waals surface area contributed by atoms with E-state index in [0.29, 0.717) is 11.4 Å². The van der Waals surface area contributed by atoms with Gasteiger partial charge in [0.2, 0.25) is 0 Å². The first-order valence-electron chi connectivity index (χ1n) is 8.71. The summed E-state index contributed by atoms with van der Waals surface area (Å²) in [5.74, 6) is -0.0821. The van der Waals surface area contributed by atoms with Crippen molar-refractivity contribution in [3.63, 3.8) is 0 Å². The molecule has 0 unspecified atom stereocenters. The summed E-state index contributed by atoms with van der Waals surface area (Å²) >= 11 is 0. The van der Waals surface area contributed by atoms with E-state index < -0.39 is 10.0 Å². The standard InChI is InChI=1S/C20H18N4O4S/c1-2-18(25)17-13-15(8-11-19(17)26)23-22-14-6-9-16(10-7-14)29(27,28)24-20-5-3-4-12-21-20/h3-13,26H,2H2,1H3,(H,21,24). The predicted octanol–water partition coefficient (Wildman–Crippen LogP) is 4.60. The molecule has 3 aromatic rings. The van der Waals surface area contributed by atoms with Crippen LogP contribution in [0.4, 0.5) is 17.2 Å². The highest BCUT2D eigenvalue weighted by atomic mass is 32.2. The zero-order valence-corrected chi connectivity index (χ0v) is 16.3. The monoisotopic (exact) mass is 410 g/mol. The van der Waals surface area contributed by atoms with Crippen LogP contribution in [0.25, 0.3) is 0 Å². The van der Waals surface area contributed by atoms with E-state index in [1.807, 2.05) is 0 Å². The fourth-order valence-corrected chi connectivity index (χ4v) is 3.44. The summed E-state index contributed by atoms with van der Waals surface area (Å²) < 4.78 is 27.2. The number of aromatic hydroxyl groups is 1. The van der Waals surface area contributed by atoms with Crippen LogP contribution in [0, 0.1) is 0 Å². The number of carbonyl (C=O) groups excluding carboxylic acids is 1. The van der Waals surface area contributed by atoms with Crippen molar-refractivity contribution in [2.75, 3.05) is 4.72 Å². The number of ketones is 1. The van der Waals surface area contributed by atoms with Gasteiger partial charge in [0.05, 0.1) is 21.8 Å². The third kappa shape index (κ3) is 5.02. The van der Waals surface area contributed by atoms with Gasteiger partial charge < -0.3 is 5.11 Å². The smallest absolute Gasteiger partial charge is 0.263 e. The van der Waals surface area contributed by atoms with Crippen molar-refractivity contribution < 1.29 is 18.3 Å². The Balaban J connectivity index is 1.76. The Labute approximate surface area is 168 Å². The molecule has 3 rings (SSSR count). The van der Waals surface area contributed by atoms with E-state index in [-0.39, 0.29) is 34.2 Å². The first kappa shape index (κ1) is 20.2. The van der Waals surface area contributed by atoms with Gasteiger partial charge in [0.15, 0.2) is 5.78 Å². The Hall–Kier alpha value is -3.59. The highest BCUT2D eigenvalue weighted by Crippen LogP contribution is 2.26. The second-order valence-electron chi connectivity index (χ2n) is 5.99. The van der Waals surface area contributed by atoms with Gasteiger partial charge in [-0.1, -0.05) is 13.0 Å². The number of carbonyl (C=O) groups is 1. The molecule has 0 bridgehead atoms. The number of nitrogens with zero attached hydrogens (tertiary/aromatic N) is 3. The van der Waals surface area contributed by atoms with Gasteiger partial charge in [-0.25, -0.2) is 13.4 Å². The number of phenols is 1. The largest absolute Gasteiger partial charge is 0.507 e. The molecule has 0 saturated heterocycles. The van der Waals surface area contributed by atoms with E-state index in [2.05, 4.69) is 19.9 Å². The highest BCUT2D eigenvalue weighted by Gasteiger charge is 2.14. The molecule has 1 aromatic heterocycles. The van der Waals surface area contributed by atoms with Crippen molar-refractivity contribution in [3.8, 4) is 5.75 Å². The number of nitrogens with one attached hydrogen (secondary N) is 1. The average molecular weight is 410 g/mol. The Kier molecular flexibility index (Phi) is 5.99. The summed E-state index contributed by atoms with van der Waals surface area (Å²) in [6, 6.07) is 15.1. The van der Waals surface area contributed by atoms with Crippen LogP contribution in [0.1, 0.15) is 23.7 Å². The third-order valence-electron chi connectivity index (χ3n) is 3.93. The third-order valence-corrected chi connectivity index (χ3v) is 5.30. The van der Waals surface area contributed by atoms with E-state index in [1.165, 1.54) is 48.7 Å². The highest BCUT2D eigenvalue weighted by molar-refractivity contribution is 7.92. The van der Waals surface area contributed by atoms with Crippen molar-refractivity contribution in [3.05, 3.63) is 72.4 Å². The molecular formula is C20H18N4O4S. The summed E-state index contributed by atoms with van der Waals surface area (Å²) in [6.07, 6.45) is 1.75. The van der Waals surface area contributed by atoms with Crippen LogP contribution in [-0.4, -0.2) is 24.3 Å². The molecule has 0 radical (unpaired) electrons. The maximum atomic E-state index is 12.4. The maximum Gasteiger partial charge on any atom is 0.263 e. The fraction of sp³-hybridized carbons (Fsp3) is 0.100. The quantitative estimate of drug-likeness (QED) is 0.436. The van der Waals surface area contributed by atoms with Crippen molar-refractivity contribution in [1.29, 1.82) is 0 Å². The van der Waals surface area contributed by atoms with E-state index in [9.17, 15) is 18.3 Å². The number of benzene rings is 2. The van der Waals surface area contributed by atoms with E-state index in [4.69, 9.17) is 0 Å². The van der Waals surface area contributed by atoms with E-state index >= 15 is 0 Å². The van der Waals surface area contributed by atoms with E-state index in [0.717, 1.165) is 0 Å². The van der Waals surface area contributed by atoms with Crippen LogP contribution in [0.3, 0.4) is 0 Å². The van der Waals surface area contributed by atoms with Gasteiger partial charge in [0, 0.05) is 12.6 Å². The van der Waals surface area contributed by atoms with Crippen molar-refractivity contribution in [1.82, 2.24) is 4.98 Å². The minimum Gasteiger partial charge on any atom is -0.507 e. The molecule has 0 amide bonds. The molecule has 0 saturated carbocycles. The first-order chi connectivity index (χ1) is 13.9. The molecule has 2 N–H and O–H groups in total. The van der Waals surface area contributed by atoms with Crippen LogP contribution in [0.5, 0.6) is 5.75 Å². The van der Waals surface area contributed by atoms with Gasteiger partial charge in [-0.2, -0.15) is 10.2 Å². The predicted molar refractivity (Wildman–Crippen MR) is 108 cm³/mol. The lowest BCUT2D eigenvalue weighted by Gasteiger charge is -2.07. The molecule has 29 heavy (non-hydrogen) atoms. The summed E-state index contributed by atoms with van der Waals surface area (Å²) in [5.41, 5.74) is 1.01. The Morgan fingerprint density at radius 3 is 2.38 bits per heavy atom. The molecule has 0 spiro atoms. The van der Waals surface area contributed by atoms with Crippen molar-refractivity contribution in [2.45, 2.75) is 18.2 Å². The topological polar surface area (TPSA) is 121 Å².